The lowest BCUT2D eigenvalue weighted by Crippen LogP contribution is -2.26. The highest BCUT2D eigenvalue weighted by Gasteiger charge is 2.31. The Labute approximate surface area is 211 Å². The number of aromatic nitrogens is 3. The Hall–Kier alpha value is -3.59. The van der Waals surface area contributed by atoms with E-state index in [9.17, 15) is 18.0 Å². The third kappa shape index (κ3) is 6.34. The Morgan fingerprint density at radius 1 is 0.972 bits per heavy atom. The highest BCUT2D eigenvalue weighted by Crippen LogP contribution is 2.33. The van der Waals surface area contributed by atoms with Gasteiger partial charge in [-0.1, -0.05) is 78.5 Å². The van der Waals surface area contributed by atoms with Crippen LogP contribution in [0.25, 0.3) is 17.1 Å². The first kappa shape index (κ1) is 25.5. The van der Waals surface area contributed by atoms with Crippen molar-refractivity contribution in [3.05, 3.63) is 96.1 Å². The van der Waals surface area contributed by atoms with Gasteiger partial charge in [0.05, 0.1) is 17.3 Å². The van der Waals surface area contributed by atoms with Crippen LogP contribution in [0.15, 0.2) is 90.1 Å². The lowest BCUT2D eigenvalue weighted by molar-refractivity contribution is -0.137. The fraction of sp³-hybridized carbons (Fsp3) is 0.222. The maximum atomic E-state index is 13.4. The molecule has 4 rings (SSSR count). The number of carbonyl (C=O) groups excluding carboxylic acids is 1. The monoisotopic (exact) mass is 510 g/mol. The molecule has 36 heavy (non-hydrogen) atoms. The molecule has 0 spiro atoms. The van der Waals surface area contributed by atoms with Gasteiger partial charge in [-0.15, -0.1) is 10.2 Å². The number of carbonyl (C=O) groups is 1. The average molecular weight is 511 g/mol. The van der Waals surface area contributed by atoms with Crippen molar-refractivity contribution in [2.24, 2.45) is 0 Å². The van der Waals surface area contributed by atoms with E-state index >= 15 is 0 Å². The van der Waals surface area contributed by atoms with Crippen LogP contribution in [0.5, 0.6) is 0 Å². The second-order valence-electron chi connectivity index (χ2n) is 8.21. The predicted molar refractivity (Wildman–Crippen MR) is 135 cm³/mol. The molecule has 3 aromatic carbocycles. The third-order valence-electron chi connectivity index (χ3n) is 5.55. The molecule has 0 fully saturated rings. The number of rotatable bonds is 9. The van der Waals surface area contributed by atoms with Gasteiger partial charge in [0.1, 0.15) is 0 Å². The molecule has 0 aliphatic heterocycles. The van der Waals surface area contributed by atoms with E-state index in [-0.39, 0.29) is 11.9 Å². The molecule has 1 heterocycles. The Bertz CT molecular complexity index is 1290. The standard InChI is InChI=1S/C27H25F3N4OS/c1-19(20-10-4-2-5-11-20)31-24(35)16-9-17-36-26-33-32-25(21-12-6-3-7-13-21)34(26)23-15-8-14-22(18-23)27(28,29)30/h2-8,10-15,18-19H,9,16-17H2,1H3,(H,31,35). The molecular weight excluding hydrogens is 485 g/mol. The zero-order valence-electron chi connectivity index (χ0n) is 19.6. The lowest BCUT2D eigenvalue weighted by atomic mass is 10.1. The van der Waals surface area contributed by atoms with Gasteiger partial charge in [-0.2, -0.15) is 13.2 Å². The van der Waals surface area contributed by atoms with Gasteiger partial charge in [0.25, 0.3) is 0 Å². The highest BCUT2D eigenvalue weighted by atomic mass is 32.2. The normalized spacial score (nSPS) is 12.3. The molecule has 1 aromatic heterocycles. The molecule has 186 valence electrons. The van der Waals surface area contributed by atoms with Gasteiger partial charge in [0.2, 0.25) is 5.91 Å². The van der Waals surface area contributed by atoms with E-state index in [1.54, 1.807) is 10.6 Å². The van der Waals surface area contributed by atoms with Crippen molar-refractivity contribution in [1.82, 2.24) is 20.1 Å². The molecule has 0 saturated heterocycles. The number of nitrogens with zero attached hydrogens (tertiary/aromatic N) is 3. The first-order valence-corrected chi connectivity index (χ1v) is 12.5. The van der Waals surface area contributed by atoms with E-state index in [4.69, 9.17) is 0 Å². The van der Waals surface area contributed by atoms with Gasteiger partial charge in [-0.05, 0) is 37.1 Å². The molecule has 4 aromatic rings. The number of nitrogens with one attached hydrogen (secondary N) is 1. The van der Waals surface area contributed by atoms with Crippen molar-refractivity contribution < 1.29 is 18.0 Å². The van der Waals surface area contributed by atoms with Gasteiger partial charge in [0, 0.05) is 17.7 Å². The minimum atomic E-state index is -4.46. The number of benzene rings is 3. The van der Waals surface area contributed by atoms with E-state index in [1.807, 2.05) is 67.6 Å². The number of amides is 1. The van der Waals surface area contributed by atoms with Gasteiger partial charge in [-0.3, -0.25) is 9.36 Å². The van der Waals surface area contributed by atoms with Crippen LogP contribution in [-0.4, -0.2) is 26.4 Å². The van der Waals surface area contributed by atoms with Crippen LogP contribution in [-0.2, 0) is 11.0 Å². The molecule has 0 aliphatic rings. The van der Waals surface area contributed by atoms with Crippen molar-refractivity contribution in [1.29, 1.82) is 0 Å². The highest BCUT2D eigenvalue weighted by molar-refractivity contribution is 7.99. The molecule has 0 aliphatic carbocycles. The van der Waals surface area contributed by atoms with Crippen molar-refractivity contribution in [3.63, 3.8) is 0 Å². The Kier molecular flexibility index (Phi) is 8.10. The molecule has 1 atom stereocenters. The number of alkyl halides is 3. The summed E-state index contributed by atoms with van der Waals surface area (Å²) in [6.07, 6.45) is -3.56. The van der Waals surface area contributed by atoms with E-state index in [0.29, 0.717) is 35.3 Å². The number of hydrogen-bond acceptors (Lipinski definition) is 4. The van der Waals surface area contributed by atoms with E-state index in [1.165, 1.54) is 17.8 Å². The molecular formula is C27H25F3N4OS. The average Bonchev–Trinajstić information content (AvgIpc) is 3.31. The number of halogens is 3. The van der Waals surface area contributed by atoms with Crippen molar-refractivity contribution >= 4 is 17.7 Å². The van der Waals surface area contributed by atoms with Gasteiger partial charge >= 0.3 is 6.18 Å². The van der Waals surface area contributed by atoms with Crippen molar-refractivity contribution in [2.75, 3.05) is 5.75 Å². The van der Waals surface area contributed by atoms with Gasteiger partial charge in [0.15, 0.2) is 11.0 Å². The van der Waals surface area contributed by atoms with Crippen LogP contribution in [0.4, 0.5) is 13.2 Å². The third-order valence-corrected chi connectivity index (χ3v) is 6.57. The quantitative estimate of drug-likeness (QED) is 0.201. The summed E-state index contributed by atoms with van der Waals surface area (Å²) in [6.45, 7) is 1.94. The molecule has 5 nitrogen and oxygen atoms in total. The fourth-order valence-corrected chi connectivity index (χ4v) is 4.62. The summed E-state index contributed by atoms with van der Waals surface area (Å²) in [5, 5.41) is 12.0. The smallest absolute Gasteiger partial charge is 0.350 e. The minimum absolute atomic E-state index is 0.0590. The zero-order valence-corrected chi connectivity index (χ0v) is 20.4. The minimum Gasteiger partial charge on any atom is -0.350 e. The van der Waals surface area contributed by atoms with Crippen LogP contribution in [0.3, 0.4) is 0 Å². The Morgan fingerprint density at radius 3 is 2.36 bits per heavy atom. The van der Waals surface area contributed by atoms with Crippen LogP contribution in [0.1, 0.15) is 36.9 Å². The largest absolute Gasteiger partial charge is 0.416 e. The molecule has 0 saturated carbocycles. The predicted octanol–water partition coefficient (Wildman–Crippen LogP) is 6.70. The zero-order chi connectivity index (χ0) is 25.5. The molecule has 1 unspecified atom stereocenters. The van der Waals surface area contributed by atoms with Crippen molar-refractivity contribution in [2.45, 2.75) is 37.1 Å². The second kappa shape index (κ2) is 11.4. The molecule has 1 amide bonds. The molecule has 9 heteroatoms. The summed E-state index contributed by atoms with van der Waals surface area (Å²) in [6, 6.07) is 23.9. The summed E-state index contributed by atoms with van der Waals surface area (Å²) < 4.78 is 41.8. The Morgan fingerprint density at radius 2 is 1.67 bits per heavy atom. The SMILES string of the molecule is CC(NC(=O)CCCSc1nnc(-c2ccccc2)n1-c1cccc(C(F)(F)F)c1)c1ccccc1. The maximum Gasteiger partial charge on any atom is 0.416 e. The lowest BCUT2D eigenvalue weighted by Gasteiger charge is -2.14. The van der Waals surface area contributed by atoms with Crippen molar-refractivity contribution in [3.8, 4) is 17.1 Å². The van der Waals surface area contributed by atoms with E-state index in [2.05, 4.69) is 15.5 Å². The van der Waals surface area contributed by atoms with Crippen LogP contribution >= 0.6 is 11.8 Å². The first-order chi connectivity index (χ1) is 17.3. The first-order valence-electron chi connectivity index (χ1n) is 11.5. The summed E-state index contributed by atoms with van der Waals surface area (Å²) in [4.78, 5) is 12.4. The van der Waals surface area contributed by atoms with Gasteiger partial charge in [-0.25, -0.2) is 0 Å². The maximum absolute atomic E-state index is 13.4. The number of hydrogen-bond donors (Lipinski definition) is 1. The summed E-state index contributed by atoms with van der Waals surface area (Å²) in [5.74, 6) is 0.946. The summed E-state index contributed by atoms with van der Waals surface area (Å²) in [7, 11) is 0. The van der Waals surface area contributed by atoms with E-state index < -0.39 is 11.7 Å². The Balaban J connectivity index is 1.47. The van der Waals surface area contributed by atoms with Gasteiger partial charge < -0.3 is 5.32 Å². The topological polar surface area (TPSA) is 59.8 Å². The van der Waals surface area contributed by atoms with Crippen LogP contribution < -0.4 is 5.32 Å². The molecule has 0 radical (unpaired) electrons. The van der Waals surface area contributed by atoms with Crippen LogP contribution in [0.2, 0.25) is 0 Å². The van der Waals surface area contributed by atoms with Crippen LogP contribution in [0, 0.1) is 0 Å². The summed E-state index contributed by atoms with van der Waals surface area (Å²) >= 11 is 1.36. The summed E-state index contributed by atoms with van der Waals surface area (Å²) in [5.41, 5.74) is 1.35. The molecule has 0 bridgehead atoms. The number of thioether (sulfide) groups is 1. The second-order valence-corrected chi connectivity index (χ2v) is 9.27. The molecule has 1 N–H and O–H groups in total. The van der Waals surface area contributed by atoms with E-state index in [0.717, 1.165) is 23.3 Å². The fourth-order valence-electron chi connectivity index (χ4n) is 3.73.